The number of rotatable bonds is 11. The summed E-state index contributed by atoms with van der Waals surface area (Å²) in [7, 11) is 0.713. The second-order valence-corrected chi connectivity index (χ2v) is 8.71. The smallest absolute Gasteiger partial charge is 0.263 e. The predicted octanol–water partition coefficient (Wildman–Crippen LogP) is 2.42. The van der Waals surface area contributed by atoms with E-state index < -0.39 is 22.0 Å². The molecular formula is C22H29N3O7S. The summed E-state index contributed by atoms with van der Waals surface area (Å²) in [5.74, 6) is 1.27. The van der Waals surface area contributed by atoms with E-state index in [-0.39, 0.29) is 0 Å². The summed E-state index contributed by atoms with van der Waals surface area (Å²) in [5, 5.41) is 3.95. The minimum absolute atomic E-state index is 0.331. The van der Waals surface area contributed by atoms with E-state index in [9.17, 15) is 13.2 Å². The molecule has 0 saturated heterocycles. The molecule has 0 spiro atoms. The molecule has 1 N–H and O–H groups in total. The van der Waals surface area contributed by atoms with Gasteiger partial charge in [0.25, 0.3) is 5.91 Å². The van der Waals surface area contributed by atoms with Gasteiger partial charge in [0.15, 0.2) is 11.5 Å². The SMILES string of the molecule is CCOc1ccc(N([C@H](C)C(=O)N/N=C\c2cc(OC)c(OC)c(OC)c2)S(C)(=O)=O)cc1. The summed E-state index contributed by atoms with van der Waals surface area (Å²) < 4.78 is 47.1. The highest BCUT2D eigenvalue weighted by atomic mass is 32.2. The number of methoxy groups -OCH3 is 3. The highest BCUT2D eigenvalue weighted by Crippen LogP contribution is 2.37. The van der Waals surface area contributed by atoms with Crippen LogP contribution in [0.4, 0.5) is 5.69 Å². The first-order chi connectivity index (χ1) is 15.7. The van der Waals surface area contributed by atoms with Gasteiger partial charge in [-0.1, -0.05) is 0 Å². The number of carbonyl (C=O) groups is 1. The first-order valence-electron chi connectivity index (χ1n) is 10.0. The van der Waals surface area contributed by atoms with Crippen LogP contribution in [0.1, 0.15) is 19.4 Å². The van der Waals surface area contributed by atoms with Crippen molar-refractivity contribution in [1.82, 2.24) is 5.43 Å². The molecule has 0 aliphatic carbocycles. The largest absolute Gasteiger partial charge is 0.494 e. The molecule has 0 aliphatic heterocycles. The first kappa shape index (κ1) is 25.8. The van der Waals surface area contributed by atoms with Crippen molar-refractivity contribution in [2.45, 2.75) is 19.9 Å². The van der Waals surface area contributed by atoms with Gasteiger partial charge in [-0.05, 0) is 50.2 Å². The number of hydrazone groups is 1. The van der Waals surface area contributed by atoms with Gasteiger partial charge in [-0.25, -0.2) is 13.8 Å². The lowest BCUT2D eigenvalue weighted by Gasteiger charge is -2.27. The number of benzene rings is 2. The molecule has 1 atom stereocenters. The van der Waals surface area contributed by atoms with Gasteiger partial charge >= 0.3 is 0 Å². The molecule has 0 fully saturated rings. The van der Waals surface area contributed by atoms with Crippen LogP contribution in [-0.2, 0) is 14.8 Å². The molecule has 0 aliphatic rings. The molecule has 0 radical (unpaired) electrons. The van der Waals surface area contributed by atoms with Crippen LogP contribution in [0.25, 0.3) is 0 Å². The average molecular weight is 480 g/mol. The minimum atomic E-state index is -3.76. The fourth-order valence-corrected chi connectivity index (χ4v) is 4.28. The highest BCUT2D eigenvalue weighted by molar-refractivity contribution is 7.92. The zero-order valence-electron chi connectivity index (χ0n) is 19.5. The zero-order valence-corrected chi connectivity index (χ0v) is 20.3. The molecule has 10 nitrogen and oxygen atoms in total. The maximum Gasteiger partial charge on any atom is 0.263 e. The normalized spacial score (nSPS) is 12.2. The molecule has 2 rings (SSSR count). The van der Waals surface area contributed by atoms with Crippen LogP contribution in [-0.4, -0.2) is 60.8 Å². The molecule has 0 bridgehead atoms. The van der Waals surface area contributed by atoms with E-state index in [4.69, 9.17) is 18.9 Å². The lowest BCUT2D eigenvalue weighted by Crippen LogP contribution is -2.46. The van der Waals surface area contributed by atoms with Crippen molar-refractivity contribution in [3.63, 3.8) is 0 Å². The Hall–Kier alpha value is -3.47. The monoisotopic (exact) mass is 479 g/mol. The number of nitrogens with zero attached hydrogens (tertiary/aromatic N) is 2. The number of ether oxygens (including phenoxy) is 4. The molecule has 180 valence electrons. The second-order valence-electron chi connectivity index (χ2n) is 6.85. The highest BCUT2D eigenvalue weighted by Gasteiger charge is 2.29. The number of anilines is 1. The minimum Gasteiger partial charge on any atom is -0.494 e. The molecular weight excluding hydrogens is 450 g/mol. The van der Waals surface area contributed by atoms with Gasteiger partial charge in [0.05, 0.1) is 46.1 Å². The third kappa shape index (κ3) is 6.51. The summed E-state index contributed by atoms with van der Waals surface area (Å²) in [6, 6.07) is 8.69. The molecule has 0 heterocycles. The molecule has 0 aromatic heterocycles. The topological polar surface area (TPSA) is 116 Å². The fourth-order valence-electron chi connectivity index (χ4n) is 3.10. The van der Waals surface area contributed by atoms with Crippen LogP contribution in [0.15, 0.2) is 41.5 Å². The maximum atomic E-state index is 12.7. The fraction of sp³-hybridized carbons (Fsp3) is 0.364. The van der Waals surface area contributed by atoms with Crippen LogP contribution < -0.4 is 28.7 Å². The summed E-state index contributed by atoms with van der Waals surface area (Å²) in [6.45, 7) is 3.81. The van der Waals surface area contributed by atoms with Gasteiger partial charge in [0.2, 0.25) is 15.8 Å². The van der Waals surface area contributed by atoms with E-state index in [2.05, 4.69) is 10.5 Å². The number of sulfonamides is 1. The number of carbonyl (C=O) groups excluding carboxylic acids is 1. The van der Waals surface area contributed by atoms with Crippen LogP contribution in [0, 0.1) is 0 Å². The van der Waals surface area contributed by atoms with Gasteiger partial charge in [-0.3, -0.25) is 9.10 Å². The van der Waals surface area contributed by atoms with Crippen molar-refractivity contribution in [2.75, 3.05) is 38.5 Å². The van der Waals surface area contributed by atoms with Crippen LogP contribution in [0.2, 0.25) is 0 Å². The number of amides is 1. The Morgan fingerprint density at radius 3 is 2.12 bits per heavy atom. The van der Waals surface area contributed by atoms with Gasteiger partial charge < -0.3 is 18.9 Å². The van der Waals surface area contributed by atoms with Gasteiger partial charge in [0, 0.05) is 5.56 Å². The van der Waals surface area contributed by atoms with E-state index in [1.54, 1.807) is 36.4 Å². The zero-order chi connectivity index (χ0) is 24.6. The molecule has 2 aromatic carbocycles. The second kappa shape index (κ2) is 11.4. The van der Waals surface area contributed by atoms with E-state index in [0.29, 0.717) is 40.9 Å². The lowest BCUT2D eigenvalue weighted by molar-refractivity contribution is -0.121. The molecule has 0 saturated carbocycles. The Bertz CT molecular complexity index is 1060. The maximum absolute atomic E-state index is 12.7. The Morgan fingerprint density at radius 2 is 1.67 bits per heavy atom. The van der Waals surface area contributed by atoms with Crippen molar-refractivity contribution in [1.29, 1.82) is 0 Å². The van der Waals surface area contributed by atoms with Crippen molar-refractivity contribution < 1.29 is 32.2 Å². The Balaban J connectivity index is 2.21. The number of hydrogen-bond acceptors (Lipinski definition) is 8. The van der Waals surface area contributed by atoms with Gasteiger partial charge in [-0.2, -0.15) is 5.10 Å². The van der Waals surface area contributed by atoms with Gasteiger partial charge in [0.1, 0.15) is 11.8 Å². The van der Waals surface area contributed by atoms with Crippen LogP contribution in [0.5, 0.6) is 23.0 Å². The summed E-state index contributed by atoms with van der Waals surface area (Å²) in [6.07, 6.45) is 2.42. The standard InChI is InChI=1S/C22H29N3O7S/c1-7-32-18-10-8-17(9-11-18)25(33(6,27)28)15(2)22(26)24-23-14-16-12-19(29-3)21(31-5)20(13-16)30-4/h8-15H,7H2,1-6H3,(H,24,26)/b23-14-/t15-/m1/s1. The molecule has 0 unspecified atom stereocenters. The molecule has 1 amide bonds. The number of nitrogens with one attached hydrogen (secondary N) is 1. The summed E-state index contributed by atoms with van der Waals surface area (Å²) >= 11 is 0. The predicted molar refractivity (Wildman–Crippen MR) is 126 cm³/mol. The lowest BCUT2D eigenvalue weighted by atomic mass is 10.2. The van der Waals surface area contributed by atoms with Crippen LogP contribution >= 0.6 is 0 Å². The quantitative estimate of drug-likeness (QED) is 0.389. The van der Waals surface area contributed by atoms with E-state index in [1.807, 2.05) is 6.92 Å². The first-order valence-corrected chi connectivity index (χ1v) is 11.9. The van der Waals surface area contributed by atoms with Crippen molar-refractivity contribution >= 4 is 27.8 Å². The third-order valence-corrected chi connectivity index (χ3v) is 5.81. The Labute approximate surface area is 194 Å². The van der Waals surface area contributed by atoms with Crippen LogP contribution in [0.3, 0.4) is 0 Å². The number of hydrogen-bond donors (Lipinski definition) is 1. The van der Waals surface area contributed by atoms with E-state index in [1.165, 1.54) is 34.5 Å². The Kier molecular flexibility index (Phi) is 8.92. The molecule has 33 heavy (non-hydrogen) atoms. The Morgan fingerprint density at radius 1 is 1.09 bits per heavy atom. The van der Waals surface area contributed by atoms with E-state index >= 15 is 0 Å². The van der Waals surface area contributed by atoms with E-state index in [0.717, 1.165) is 10.6 Å². The van der Waals surface area contributed by atoms with Crippen molar-refractivity contribution in [3.05, 3.63) is 42.0 Å². The molecule has 11 heteroatoms. The van der Waals surface area contributed by atoms with Gasteiger partial charge in [-0.15, -0.1) is 0 Å². The third-order valence-electron chi connectivity index (χ3n) is 4.57. The average Bonchev–Trinajstić information content (AvgIpc) is 2.78. The molecule has 2 aromatic rings. The summed E-state index contributed by atoms with van der Waals surface area (Å²) in [4.78, 5) is 12.7. The van der Waals surface area contributed by atoms with Crippen molar-refractivity contribution in [2.24, 2.45) is 5.10 Å². The summed E-state index contributed by atoms with van der Waals surface area (Å²) in [5.41, 5.74) is 3.28. The van der Waals surface area contributed by atoms with Crippen molar-refractivity contribution in [3.8, 4) is 23.0 Å².